The lowest BCUT2D eigenvalue weighted by Gasteiger charge is -2.22. The number of rotatable bonds is 13. The fraction of sp³-hybridized carbons (Fsp3) is 0.667. The second-order valence-corrected chi connectivity index (χ2v) is 5.38. The number of nitrogens with zero attached hydrogens (tertiary/aromatic N) is 1. The van der Waals surface area contributed by atoms with Crippen LogP contribution in [0.3, 0.4) is 0 Å². The van der Waals surface area contributed by atoms with Gasteiger partial charge in [-0.25, -0.2) is 9.68 Å². The molecule has 0 N–H and O–H groups in total. The fourth-order valence-corrected chi connectivity index (χ4v) is 2.09. The highest BCUT2D eigenvalue weighted by molar-refractivity contribution is 5.40. The molecule has 0 heterocycles. The second-order valence-electron chi connectivity index (χ2n) is 5.38. The summed E-state index contributed by atoms with van der Waals surface area (Å²) in [6.45, 7) is 5.86. The number of hydrogen-bond donors (Lipinski definition) is 0. The van der Waals surface area contributed by atoms with E-state index in [0.717, 1.165) is 18.5 Å². The van der Waals surface area contributed by atoms with E-state index >= 15 is 0 Å². The summed E-state index contributed by atoms with van der Waals surface area (Å²) in [5.41, 5.74) is 0.962. The van der Waals surface area contributed by atoms with Crippen LogP contribution in [-0.4, -0.2) is 13.2 Å². The van der Waals surface area contributed by atoms with Gasteiger partial charge in [0.1, 0.15) is 0 Å². The van der Waals surface area contributed by atoms with Crippen molar-refractivity contribution in [1.29, 1.82) is 0 Å². The second kappa shape index (κ2) is 12.7. The molecule has 1 rings (SSSR count). The van der Waals surface area contributed by atoms with E-state index in [1.807, 2.05) is 30.3 Å². The van der Waals surface area contributed by atoms with Crippen molar-refractivity contribution in [2.24, 2.45) is 0 Å². The number of benzene rings is 1. The van der Waals surface area contributed by atoms with E-state index in [-0.39, 0.29) is 0 Å². The van der Waals surface area contributed by atoms with Crippen LogP contribution in [0.5, 0.6) is 0 Å². The maximum Gasteiger partial charge on any atom is 0.0947 e. The Morgan fingerprint density at radius 1 is 0.714 bits per heavy atom. The van der Waals surface area contributed by atoms with Gasteiger partial charge < -0.3 is 0 Å². The average molecular weight is 293 g/mol. The van der Waals surface area contributed by atoms with Gasteiger partial charge in [-0.2, -0.15) is 0 Å². The van der Waals surface area contributed by atoms with Crippen molar-refractivity contribution >= 4 is 5.69 Å². The predicted octanol–water partition coefficient (Wildman–Crippen LogP) is 5.52. The largest absolute Gasteiger partial charge is 0.249 e. The molecule has 0 spiro atoms. The Bertz CT molecular complexity index is 315. The lowest BCUT2D eigenvalue weighted by atomic mass is 10.2. The first-order valence-corrected chi connectivity index (χ1v) is 8.49. The summed E-state index contributed by atoms with van der Waals surface area (Å²) in [7, 11) is 0. The van der Waals surface area contributed by atoms with Crippen molar-refractivity contribution in [2.45, 2.75) is 65.2 Å². The molecular weight excluding hydrogens is 262 g/mol. The van der Waals surface area contributed by atoms with Gasteiger partial charge in [-0.3, -0.25) is 0 Å². The molecule has 0 atom stereocenters. The van der Waals surface area contributed by atoms with Crippen molar-refractivity contribution < 1.29 is 9.68 Å². The zero-order valence-electron chi connectivity index (χ0n) is 13.7. The summed E-state index contributed by atoms with van der Waals surface area (Å²) in [5, 5.41) is 1.60. The molecule has 3 heteroatoms. The van der Waals surface area contributed by atoms with Gasteiger partial charge in [-0.15, -0.1) is 5.23 Å². The van der Waals surface area contributed by atoms with Gasteiger partial charge in [-0.05, 0) is 25.0 Å². The molecule has 1 aromatic carbocycles. The first-order chi connectivity index (χ1) is 10.4. The van der Waals surface area contributed by atoms with Crippen LogP contribution in [0, 0.1) is 0 Å². The Morgan fingerprint density at radius 2 is 1.24 bits per heavy atom. The molecule has 0 fully saturated rings. The van der Waals surface area contributed by atoms with E-state index in [2.05, 4.69) is 13.8 Å². The normalized spacial score (nSPS) is 10.8. The average Bonchev–Trinajstić information content (AvgIpc) is 2.53. The molecule has 0 aliphatic carbocycles. The zero-order chi connectivity index (χ0) is 15.2. The molecule has 1 aromatic rings. The summed E-state index contributed by atoms with van der Waals surface area (Å²) in [6.07, 6.45) is 9.63. The van der Waals surface area contributed by atoms with Crippen LogP contribution in [-0.2, 0) is 9.68 Å². The topological polar surface area (TPSA) is 21.7 Å². The minimum atomic E-state index is 0.712. The van der Waals surface area contributed by atoms with Gasteiger partial charge in [0.15, 0.2) is 0 Å². The predicted molar refractivity (Wildman–Crippen MR) is 89.1 cm³/mol. The lowest BCUT2D eigenvalue weighted by Crippen LogP contribution is -2.25. The van der Waals surface area contributed by atoms with Gasteiger partial charge in [0.05, 0.1) is 18.9 Å². The third kappa shape index (κ3) is 8.74. The first-order valence-electron chi connectivity index (χ1n) is 8.49. The van der Waals surface area contributed by atoms with Crippen LogP contribution < -0.4 is 5.23 Å². The molecule has 0 aliphatic heterocycles. The Labute approximate surface area is 130 Å². The number of hydrogen-bond acceptors (Lipinski definition) is 3. The highest BCUT2D eigenvalue weighted by Crippen LogP contribution is 2.15. The van der Waals surface area contributed by atoms with Gasteiger partial charge >= 0.3 is 0 Å². The summed E-state index contributed by atoms with van der Waals surface area (Å²) in [6, 6.07) is 10.0. The molecule has 0 saturated heterocycles. The van der Waals surface area contributed by atoms with Crippen LogP contribution in [0.2, 0.25) is 0 Å². The highest BCUT2D eigenvalue weighted by atomic mass is 16.9. The van der Waals surface area contributed by atoms with Gasteiger partial charge in [-0.1, -0.05) is 70.6 Å². The standard InChI is InChI=1S/C18H31NO2/c1-3-5-7-12-16-20-19(18-14-10-9-11-15-18)21-17-13-8-6-4-2/h9-11,14-15H,3-8,12-13,16-17H2,1-2H3. The summed E-state index contributed by atoms with van der Waals surface area (Å²) in [5.74, 6) is 0. The molecule has 3 nitrogen and oxygen atoms in total. The van der Waals surface area contributed by atoms with E-state index < -0.39 is 0 Å². The molecule has 0 bridgehead atoms. The Balaban J connectivity index is 2.32. The molecule has 0 amide bonds. The van der Waals surface area contributed by atoms with Crippen LogP contribution in [0.25, 0.3) is 0 Å². The number of anilines is 1. The molecule has 0 radical (unpaired) electrons. The summed E-state index contributed by atoms with van der Waals surface area (Å²) < 4.78 is 0. The van der Waals surface area contributed by atoms with Crippen molar-refractivity contribution in [3.05, 3.63) is 30.3 Å². The molecule has 0 aromatic heterocycles. The van der Waals surface area contributed by atoms with Gasteiger partial charge in [0.25, 0.3) is 0 Å². The van der Waals surface area contributed by atoms with Crippen molar-refractivity contribution in [1.82, 2.24) is 0 Å². The SMILES string of the molecule is CCCCCCON(OCCCCCC)c1ccccc1. The fourth-order valence-electron chi connectivity index (χ4n) is 2.09. The Kier molecular flexibility index (Phi) is 10.8. The molecule has 120 valence electrons. The molecule has 0 unspecified atom stereocenters. The van der Waals surface area contributed by atoms with Crippen molar-refractivity contribution in [3.8, 4) is 0 Å². The Hall–Kier alpha value is -1.06. The van der Waals surface area contributed by atoms with E-state index in [9.17, 15) is 0 Å². The van der Waals surface area contributed by atoms with Crippen molar-refractivity contribution in [3.63, 3.8) is 0 Å². The zero-order valence-corrected chi connectivity index (χ0v) is 13.7. The first kappa shape index (κ1) is 18.0. The monoisotopic (exact) mass is 293 g/mol. The number of unbranched alkanes of at least 4 members (excludes halogenated alkanes) is 6. The molecule has 0 aliphatic rings. The maximum atomic E-state index is 5.79. The third-order valence-electron chi connectivity index (χ3n) is 3.38. The quantitative estimate of drug-likeness (QED) is 0.353. The highest BCUT2D eigenvalue weighted by Gasteiger charge is 2.07. The third-order valence-corrected chi connectivity index (χ3v) is 3.38. The smallest absolute Gasteiger partial charge is 0.0947 e. The van der Waals surface area contributed by atoms with E-state index in [4.69, 9.17) is 9.68 Å². The van der Waals surface area contributed by atoms with Crippen LogP contribution in [0.1, 0.15) is 65.2 Å². The maximum absolute atomic E-state index is 5.79. The van der Waals surface area contributed by atoms with Gasteiger partial charge in [0, 0.05) is 0 Å². The van der Waals surface area contributed by atoms with Crippen LogP contribution >= 0.6 is 0 Å². The van der Waals surface area contributed by atoms with Gasteiger partial charge in [0.2, 0.25) is 0 Å². The van der Waals surface area contributed by atoms with E-state index in [0.29, 0.717) is 13.2 Å². The minimum Gasteiger partial charge on any atom is -0.249 e. The summed E-state index contributed by atoms with van der Waals surface area (Å²) >= 11 is 0. The minimum absolute atomic E-state index is 0.712. The van der Waals surface area contributed by atoms with Crippen LogP contribution in [0.4, 0.5) is 5.69 Å². The number of para-hydroxylation sites is 1. The van der Waals surface area contributed by atoms with Crippen molar-refractivity contribution in [2.75, 3.05) is 18.4 Å². The van der Waals surface area contributed by atoms with E-state index in [1.165, 1.54) is 38.5 Å². The lowest BCUT2D eigenvalue weighted by molar-refractivity contribution is -0.0914. The van der Waals surface area contributed by atoms with E-state index in [1.54, 1.807) is 5.23 Å². The Morgan fingerprint density at radius 3 is 1.71 bits per heavy atom. The molecule has 21 heavy (non-hydrogen) atoms. The summed E-state index contributed by atoms with van der Waals surface area (Å²) in [4.78, 5) is 11.6. The molecule has 0 saturated carbocycles. The molecular formula is C18H31NO2. The van der Waals surface area contributed by atoms with Crippen LogP contribution in [0.15, 0.2) is 30.3 Å².